The first-order chi connectivity index (χ1) is 14.6. The van der Waals surface area contributed by atoms with E-state index in [1.54, 1.807) is 0 Å². The van der Waals surface area contributed by atoms with Crippen molar-refractivity contribution < 1.29 is 14.2 Å². The van der Waals surface area contributed by atoms with Gasteiger partial charge in [0, 0.05) is 0 Å². The van der Waals surface area contributed by atoms with E-state index >= 15 is 0 Å². The lowest BCUT2D eigenvalue weighted by Crippen LogP contribution is -2.26. The van der Waals surface area contributed by atoms with Crippen LogP contribution >= 0.6 is 0 Å². The zero-order valence-electron chi connectivity index (χ0n) is 18.7. The summed E-state index contributed by atoms with van der Waals surface area (Å²) in [5.74, 6) is 1.64. The highest BCUT2D eigenvalue weighted by Crippen LogP contribution is 2.36. The second-order valence-electron chi connectivity index (χ2n) is 9.16. The molecule has 0 radical (unpaired) electrons. The lowest BCUT2D eigenvalue weighted by atomic mass is 9.88. The number of hydrogen-bond acceptors (Lipinski definition) is 3. The van der Waals surface area contributed by atoms with Crippen molar-refractivity contribution in [1.82, 2.24) is 0 Å². The average molecular weight is 409 g/mol. The Bertz CT molecular complexity index is 809. The molecule has 0 N–H and O–H groups in total. The Labute approximate surface area is 181 Å². The van der Waals surface area contributed by atoms with Crippen molar-refractivity contribution in [3.63, 3.8) is 0 Å². The topological polar surface area (TPSA) is 27.7 Å². The summed E-state index contributed by atoms with van der Waals surface area (Å²) in [6, 6.07) is 15.4. The minimum Gasteiger partial charge on any atom is -0.491 e. The molecule has 4 rings (SSSR count). The van der Waals surface area contributed by atoms with Crippen LogP contribution in [0.5, 0.6) is 5.75 Å². The molecule has 162 valence electrons. The highest BCUT2D eigenvalue weighted by molar-refractivity contribution is 5.38. The Morgan fingerprint density at radius 1 is 1.00 bits per heavy atom. The van der Waals surface area contributed by atoms with E-state index < -0.39 is 0 Å². The van der Waals surface area contributed by atoms with Gasteiger partial charge < -0.3 is 14.2 Å². The third-order valence-electron chi connectivity index (χ3n) is 6.39. The summed E-state index contributed by atoms with van der Waals surface area (Å²) in [6.07, 6.45) is 7.87. The van der Waals surface area contributed by atoms with Gasteiger partial charge in [-0.1, -0.05) is 44.2 Å². The molecule has 30 heavy (non-hydrogen) atoms. The van der Waals surface area contributed by atoms with Crippen molar-refractivity contribution in [2.75, 3.05) is 13.2 Å². The number of ether oxygens (including phenoxy) is 3. The Hall–Kier alpha value is -1.84. The fraction of sp³-hybridized carbons (Fsp3) is 0.556. The van der Waals surface area contributed by atoms with Crippen molar-refractivity contribution in [1.29, 1.82) is 0 Å². The van der Waals surface area contributed by atoms with Crippen molar-refractivity contribution >= 4 is 0 Å². The highest BCUT2D eigenvalue weighted by Gasteiger charge is 2.27. The monoisotopic (exact) mass is 408 g/mol. The lowest BCUT2D eigenvalue weighted by Gasteiger charge is -2.34. The normalized spacial score (nSPS) is 24.0. The van der Waals surface area contributed by atoms with Crippen LogP contribution in [0.25, 0.3) is 0 Å². The summed E-state index contributed by atoms with van der Waals surface area (Å²) in [5.41, 5.74) is 5.36. The molecular formula is C27H36O3. The second-order valence-corrected chi connectivity index (χ2v) is 9.16. The molecule has 1 aliphatic heterocycles. The van der Waals surface area contributed by atoms with Crippen molar-refractivity contribution in [2.24, 2.45) is 5.92 Å². The van der Waals surface area contributed by atoms with Crippen LogP contribution in [0, 0.1) is 12.8 Å². The molecule has 3 nitrogen and oxygen atoms in total. The number of benzene rings is 2. The van der Waals surface area contributed by atoms with Crippen LogP contribution in [-0.2, 0) is 15.9 Å². The summed E-state index contributed by atoms with van der Waals surface area (Å²) < 4.78 is 17.8. The van der Waals surface area contributed by atoms with Gasteiger partial charge in [0.15, 0.2) is 0 Å². The molecule has 2 fully saturated rings. The first kappa shape index (κ1) is 21.4. The van der Waals surface area contributed by atoms with Gasteiger partial charge in [-0.15, -0.1) is 0 Å². The summed E-state index contributed by atoms with van der Waals surface area (Å²) in [4.78, 5) is 0. The number of rotatable bonds is 9. The fourth-order valence-corrected chi connectivity index (χ4v) is 4.35. The van der Waals surface area contributed by atoms with Gasteiger partial charge in [0.05, 0.1) is 24.9 Å². The van der Waals surface area contributed by atoms with Gasteiger partial charge in [0.1, 0.15) is 12.4 Å². The predicted octanol–water partition coefficient (Wildman–Crippen LogP) is 6.41. The first-order valence-corrected chi connectivity index (χ1v) is 11.7. The second kappa shape index (κ2) is 9.98. The van der Waals surface area contributed by atoms with Gasteiger partial charge in [0.2, 0.25) is 0 Å². The van der Waals surface area contributed by atoms with E-state index in [4.69, 9.17) is 14.2 Å². The third kappa shape index (κ3) is 5.86. The molecule has 2 aromatic carbocycles. The summed E-state index contributed by atoms with van der Waals surface area (Å²) in [5, 5.41) is 0. The van der Waals surface area contributed by atoms with E-state index in [0.717, 1.165) is 30.9 Å². The molecule has 3 heteroatoms. The molecule has 0 aromatic heterocycles. The minimum absolute atomic E-state index is 0.228. The standard InChI is InChI=1S/C27H36O3/c1-4-24-15-19(2)16-27(30-24)22-8-5-20(3)23(18-22)17-21-6-9-25(10-7-21)28-13-14-29-26-11-12-26/h5-10,18-19,24,26-27H,4,11-17H2,1-3H3. The van der Waals surface area contributed by atoms with Crippen molar-refractivity contribution in [3.8, 4) is 5.75 Å². The zero-order valence-corrected chi connectivity index (χ0v) is 18.7. The lowest BCUT2D eigenvalue weighted by molar-refractivity contribution is -0.0709. The van der Waals surface area contributed by atoms with Crippen LogP contribution in [-0.4, -0.2) is 25.4 Å². The molecule has 1 heterocycles. The molecule has 1 saturated heterocycles. The number of aryl methyl sites for hydroxylation is 1. The minimum atomic E-state index is 0.228. The molecule has 0 spiro atoms. The fourth-order valence-electron chi connectivity index (χ4n) is 4.35. The van der Waals surface area contributed by atoms with Crippen LogP contribution in [0.4, 0.5) is 0 Å². The van der Waals surface area contributed by atoms with Crippen LogP contribution < -0.4 is 4.74 Å². The van der Waals surface area contributed by atoms with E-state index in [1.807, 2.05) is 0 Å². The molecule has 1 saturated carbocycles. The van der Waals surface area contributed by atoms with E-state index in [9.17, 15) is 0 Å². The number of hydrogen-bond donors (Lipinski definition) is 0. The Morgan fingerprint density at radius 2 is 1.80 bits per heavy atom. The van der Waals surface area contributed by atoms with E-state index in [0.29, 0.717) is 25.4 Å². The van der Waals surface area contributed by atoms with Crippen LogP contribution in [0.15, 0.2) is 42.5 Å². The third-order valence-corrected chi connectivity index (χ3v) is 6.39. The average Bonchev–Trinajstić information content (AvgIpc) is 3.58. The molecule has 2 aliphatic rings. The molecule has 0 bridgehead atoms. The van der Waals surface area contributed by atoms with Gasteiger partial charge in [0.25, 0.3) is 0 Å². The molecular weight excluding hydrogens is 372 g/mol. The molecule has 2 aromatic rings. The van der Waals surface area contributed by atoms with Crippen LogP contribution in [0.3, 0.4) is 0 Å². The van der Waals surface area contributed by atoms with Gasteiger partial charge >= 0.3 is 0 Å². The van der Waals surface area contributed by atoms with Crippen LogP contribution in [0.2, 0.25) is 0 Å². The van der Waals surface area contributed by atoms with Gasteiger partial charge in [-0.3, -0.25) is 0 Å². The Morgan fingerprint density at radius 3 is 2.53 bits per heavy atom. The molecule has 1 aliphatic carbocycles. The Balaban J connectivity index is 1.37. The van der Waals surface area contributed by atoms with Crippen LogP contribution in [0.1, 0.15) is 74.3 Å². The van der Waals surface area contributed by atoms with Crippen molar-refractivity contribution in [3.05, 3.63) is 64.7 Å². The smallest absolute Gasteiger partial charge is 0.119 e. The summed E-state index contributed by atoms with van der Waals surface area (Å²) >= 11 is 0. The zero-order chi connectivity index (χ0) is 20.9. The SMILES string of the molecule is CCC1CC(C)CC(c2ccc(C)c(Cc3ccc(OCCOC4CC4)cc3)c2)O1. The maximum absolute atomic E-state index is 6.39. The maximum Gasteiger partial charge on any atom is 0.119 e. The quantitative estimate of drug-likeness (QED) is 0.449. The maximum atomic E-state index is 6.39. The predicted molar refractivity (Wildman–Crippen MR) is 121 cm³/mol. The summed E-state index contributed by atoms with van der Waals surface area (Å²) in [6.45, 7) is 8.09. The van der Waals surface area contributed by atoms with Gasteiger partial charge in [-0.2, -0.15) is 0 Å². The first-order valence-electron chi connectivity index (χ1n) is 11.7. The van der Waals surface area contributed by atoms with E-state index in [-0.39, 0.29) is 6.10 Å². The van der Waals surface area contributed by atoms with E-state index in [2.05, 4.69) is 63.2 Å². The van der Waals surface area contributed by atoms with Gasteiger partial charge in [-0.05, 0) is 85.8 Å². The summed E-state index contributed by atoms with van der Waals surface area (Å²) in [7, 11) is 0. The van der Waals surface area contributed by atoms with Crippen molar-refractivity contribution in [2.45, 2.75) is 77.6 Å². The largest absolute Gasteiger partial charge is 0.491 e. The van der Waals surface area contributed by atoms with Gasteiger partial charge in [-0.25, -0.2) is 0 Å². The highest BCUT2D eigenvalue weighted by atomic mass is 16.5. The molecule has 3 atom stereocenters. The van der Waals surface area contributed by atoms with E-state index in [1.165, 1.54) is 41.5 Å². The molecule has 3 unspecified atom stereocenters. The Kier molecular flexibility index (Phi) is 7.12. The molecule has 0 amide bonds.